The number of nitrogens with one attached hydrogen (secondary N) is 1. The zero-order chi connectivity index (χ0) is 18.1. The Kier molecular flexibility index (Phi) is 4.51. The fraction of sp³-hybridized carbons (Fsp3) is 0.238. The van der Waals surface area contributed by atoms with E-state index in [1.165, 1.54) is 5.69 Å². The number of aromatic amines is 1. The normalized spacial score (nSPS) is 13.7. The smallest absolute Gasteiger partial charge is 0.223 e. The Bertz CT molecular complexity index is 978. The van der Waals surface area contributed by atoms with Gasteiger partial charge in [-0.1, -0.05) is 41.9 Å². The number of carbonyl (C=O) groups excluding carboxylic acids is 2. The van der Waals surface area contributed by atoms with Gasteiger partial charge in [-0.25, -0.2) is 0 Å². The molecule has 1 N–H and O–H groups in total. The molecule has 26 heavy (non-hydrogen) atoms. The van der Waals surface area contributed by atoms with Crippen molar-refractivity contribution in [1.82, 2.24) is 9.88 Å². The molecular weight excluding hydrogens is 348 g/mol. The fourth-order valence-corrected chi connectivity index (χ4v) is 3.72. The molecule has 0 atom stereocenters. The van der Waals surface area contributed by atoms with Crippen LogP contribution in [0.5, 0.6) is 0 Å². The summed E-state index contributed by atoms with van der Waals surface area (Å²) in [5, 5.41) is 1.77. The molecule has 5 heteroatoms. The van der Waals surface area contributed by atoms with E-state index < -0.39 is 0 Å². The van der Waals surface area contributed by atoms with Crippen LogP contribution < -0.4 is 0 Å². The van der Waals surface area contributed by atoms with E-state index in [0.29, 0.717) is 23.7 Å². The molecule has 0 aliphatic carbocycles. The highest BCUT2D eigenvalue weighted by molar-refractivity contribution is 6.31. The van der Waals surface area contributed by atoms with Crippen molar-refractivity contribution in [1.29, 1.82) is 0 Å². The molecule has 2 aromatic carbocycles. The number of rotatable bonds is 4. The van der Waals surface area contributed by atoms with Crippen LogP contribution in [-0.4, -0.2) is 28.1 Å². The molecule has 0 fully saturated rings. The second-order valence-electron chi connectivity index (χ2n) is 6.63. The van der Waals surface area contributed by atoms with E-state index in [9.17, 15) is 9.59 Å². The number of amides is 1. The molecule has 1 amide bonds. The van der Waals surface area contributed by atoms with Gasteiger partial charge in [0.2, 0.25) is 5.91 Å². The Hall–Kier alpha value is -2.59. The van der Waals surface area contributed by atoms with Crippen molar-refractivity contribution in [3.63, 3.8) is 0 Å². The third kappa shape index (κ3) is 3.25. The lowest BCUT2D eigenvalue weighted by molar-refractivity contribution is -0.132. The van der Waals surface area contributed by atoms with Gasteiger partial charge in [0.25, 0.3) is 0 Å². The molecule has 4 nitrogen and oxygen atoms in total. The number of fused-ring (bicyclic) bond motifs is 3. The van der Waals surface area contributed by atoms with E-state index >= 15 is 0 Å². The Morgan fingerprint density at radius 3 is 2.69 bits per heavy atom. The Morgan fingerprint density at radius 2 is 1.88 bits per heavy atom. The Balaban J connectivity index is 1.45. The molecule has 0 spiro atoms. The summed E-state index contributed by atoms with van der Waals surface area (Å²) >= 11 is 6.13. The van der Waals surface area contributed by atoms with Gasteiger partial charge in [-0.15, -0.1) is 0 Å². The van der Waals surface area contributed by atoms with Crippen LogP contribution in [0.25, 0.3) is 10.9 Å². The number of Topliss-reactive ketones (excluding diaryl/α,β-unsaturated/α-hetero) is 1. The minimum absolute atomic E-state index is 0.00974. The molecule has 0 radical (unpaired) electrons. The van der Waals surface area contributed by atoms with E-state index in [0.717, 1.165) is 22.9 Å². The monoisotopic (exact) mass is 366 g/mol. The molecule has 4 rings (SSSR count). The summed E-state index contributed by atoms with van der Waals surface area (Å²) in [6.45, 7) is 1.24. The minimum Gasteiger partial charge on any atom is -0.358 e. The third-order valence-electron chi connectivity index (χ3n) is 4.95. The van der Waals surface area contributed by atoms with Gasteiger partial charge in [-0.05, 0) is 18.2 Å². The van der Waals surface area contributed by atoms with Gasteiger partial charge >= 0.3 is 0 Å². The van der Waals surface area contributed by atoms with E-state index in [4.69, 9.17) is 11.6 Å². The number of nitrogens with zero attached hydrogens (tertiary/aromatic N) is 1. The van der Waals surface area contributed by atoms with Crippen LogP contribution in [0.15, 0.2) is 48.5 Å². The maximum absolute atomic E-state index is 12.6. The second-order valence-corrected chi connectivity index (χ2v) is 7.06. The van der Waals surface area contributed by atoms with Crippen molar-refractivity contribution < 1.29 is 9.59 Å². The Morgan fingerprint density at radius 1 is 1.08 bits per heavy atom. The van der Waals surface area contributed by atoms with Gasteiger partial charge in [0.05, 0.1) is 0 Å². The fourth-order valence-electron chi connectivity index (χ4n) is 3.55. The summed E-state index contributed by atoms with van der Waals surface area (Å²) < 4.78 is 0. The van der Waals surface area contributed by atoms with Crippen molar-refractivity contribution in [2.24, 2.45) is 0 Å². The topological polar surface area (TPSA) is 53.2 Å². The predicted octanol–water partition coefficient (Wildman–Crippen LogP) is 4.37. The van der Waals surface area contributed by atoms with E-state index in [-0.39, 0.29) is 24.5 Å². The average Bonchev–Trinajstić information content (AvgIpc) is 3.03. The van der Waals surface area contributed by atoms with Gasteiger partial charge in [-0.3, -0.25) is 9.59 Å². The molecule has 2 heterocycles. The highest BCUT2D eigenvalue weighted by Gasteiger charge is 2.24. The number of halogens is 1. The number of ketones is 1. The quantitative estimate of drug-likeness (QED) is 0.697. The van der Waals surface area contributed by atoms with Crippen LogP contribution in [0.2, 0.25) is 5.02 Å². The van der Waals surface area contributed by atoms with Crippen molar-refractivity contribution in [3.05, 3.63) is 70.4 Å². The molecule has 1 aliphatic rings. The standard InChI is InChI=1S/C21H19ClN2O2/c22-15-6-7-18-16(12-15)17-13-24(11-10-19(17)23-18)21(26)9-8-20(25)14-4-2-1-3-5-14/h1-7,12,23H,8-11,13H2. The first-order chi connectivity index (χ1) is 12.6. The summed E-state index contributed by atoms with van der Waals surface area (Å²) in [4.78, 5) is 30.1. The second kappa shape index (κ2) is 6.96. The zero-order valence-corrected chi connectivity index (χ0v) is 15.1. The first-order valence-electron chi connectivity index (χ1n) is 8.77. The summed E-state index contributed by atoms with van der Waals surface area (Å²) in [6, 6.07) is 14.9. The molecular formula is C21H19ClN2O2. The summed E-state index contributed by atoms with van der Waals surface area (Å²) in [5.74, 6) is 0.0341. The maximum Gasteiger partial charge on any atom is 0.223 e. The van der Waals surface area contributed by atoms with Gasteiger partial charge < -0.3 is 9.88 Å². The average molecular weight is 367 g/mol. The molecule has 1 aliphatic heterocycles. The van der Waals surface area contributed by atoms with Gasteiger partial charge in [0.15, 0.2) is 5.78 Å². The number of hydrogen-bond donors (Lipinski definition) is 1. The predicted molar refractivity (Wildman–Crippen MR) is 102 cm³/mol. The molecule has 0 bridgehead atoms. The first-order valence-corrected chi connectivity index (χ1v) is 9.14. The van der Waals surface area contributed by atoms with Gasteiger partial charge in [-0.2, -0.15) is 0 Å². The molecule has 0 unspecified atom stereocenters. The lowest BCUT2D eigenvalue weighted by atomic mass is 10.0. The summed E-state index contributed by atoms with van der Waals surface area (Å²) in [5.41, 5.74) is 4.02. The molecule has 0 saturated heterocycles. The van der Waals surface area contributed by atoms with E-state index in [1.807, 2.05) is 41.3 Å². The number of aromatic nitrogens is 1. The Labute approximate surface area is 156 Å². The highest BCUT2D eigenvalue weighted by atomic mass is 35.5. The van der Waals surface area contributed by atoms with Crippen molar-refractivity contribution in [3.8, 4) is 0 Å². The van der Waals surface area contributed by atoms with Gasteiger partial charge in [0.1, 0.15) is 0 Å². The van der Waals surface area contributed by atoms with Crippen LogP contribution in [0, 0.1) is 0 Å². The van der Waals surface area contributed by atoms with Crippen LogP contribution in [0.1, 0.15) is 34.5 Å². The van der Waals surface area contributed by atoms with Gasteiger partial charge in [0, 0.05) is 65.1 Å². The molecule has 1 aromatic heterocycles. The number of carbonyl (C=O) groups is 2. The number of hydrogen-bond acceptors (Lipinski definition) is 2. The third-order valence-corrected chi connectivity index (χ3v) is 5.19. The van der Waals surface area contributed by atoms with Crippen LogP contribution in [0.3, 0.4) is 0 Å². The molecule has 0 saturated carbocycles. The maximum atomic E-state index is 12.6. The lowest BCUT2D eigenvalue weighted by Crippen LogP contribution is -2.35. The SMILES string of the molecule is O=C(CCC(=O)N1CCc2[nH]c3ccc(Cl)cc3c2C1)c1ccccc1. The molecule has 3 aromatic rings. The van der Waals surface area contributed by atoms with Crippen LogP contribution in [-0.2, 0) is 17.8 Å². The van der Waals surface area contributed by atoms with E-state index in [1.54, 1.807) is 12.1 Å². The van der Waals surface area contributed by atoms with Crippen LogP contribution in [0.4, 0.5) is 0 Å². The van der Waals surface area contributed by atoms with E-state index in [2.05, 4.69) is 4.98 Å². The summed E-state index contributed by atoms with van der Waals surface area (Å²) in [6.07, 6.45) is 1.28. The largest absolute Gasteiger partial charge is 0.358 e. The molecule has 132 valence electrons. The lowest BCUT2D eigenvalue weighted by Gasteiger charge is -2.27. The van der Waals surface area contributed by atoms with Crippen molar-refractivity contribution in [2.45, 2.75) is 25.8 Å². The number of H-pyrrole nitrogens is 1. The minimum atomic E-state index is 0.00974. The number of benzene rings is 2. The van der Waals surface area contributed by atoms with Crippen molar-refractivity contribution >= 4 is 34.2 Å². The van der Waals surface area contributed by atoms with Crippen LogP contribution >= 0.6 is 11.6 Å². The zero-order valence-electron chi connectivity index (χ0n) is 14.3. The first kappa shape index (κ1) is 16.9. The summed E-state index contributed by atoms with van der Waals surface area (Å²) in [7, 11) is 0. The highest BCUT2D eigenvalue weighted by Crippen LogP contribution is 2.30. The van der Waals surface area contributed by atoms with Crippen molar-refractivity contribution in [2.75, 3.05) is 6.54 Å².